The quantitative estimate of drug-likeness (QED) is 0.771. The van der Waals surface area contributed by atoms with E-state index in [9.17, 15) is 17.6 Å². The average molecular weight is 448 g/mol. The van der Waals surface area contributed by atoms with Crippen molar-refractivity contribution in [2.24, 2.45) is 0 Å². The highest BCUT2D eigenvalue weighted by molar-refractivity contribution is 7.89. The van der Waals surface area contributed by atoms with E-state index < -0.39 is 15.8 Å². The van der Waals surface area contributed by atoms with Gasteiger partial charge in [0.25, 0.3) is 0 Å². The summed E-state index contributed by atoms with van der Waals surface area (Å²) in [7, 11) is -2.00. The van der Waals surface area contributed by atoms with Gasteiger partial charge in [-0.2, -0.15) is 4.31 Å². The first-order valence-corrected chi connectivity index (χ1v) is 11.7. The monoisotopic (exact) mass is 447 g/mol. The molecule has 4 rings (SSSR count). The van der Waals surface area contributed by atoms with Crippen molar-refractivity contribution in [2.45, 2.75) is 44.0 Å². The van der Waals surface area contributed by atoms with Crippen LogP contribution >= 0.6 is 0 Å². The van der Waals surface area contributed by atoms with Crippen LogP contribution in [-0.4, -0.2) is 60.2 Å². The molecule has 1 saturated heterocycles. The first kappa shape index (κ1) is 21.6. The molecule has 0 radical (unpaired) electrons. The summed E-state index contributed by atoms with van der Waals surface area (Å²) in [6.45, 7) is 4.75. The Morgan fingerprint density at radius 1 is 1.26 bits per heavy atom. The number of nitrogens with zero attached hydrogens (tertiary/aromatic N) is 4. The number of fused-ring (bicyclic) bond motifs is 1. The molecular weight excluding hydrogens is 421 g/mol. The second-order valence-electron chi connectivity index (χ2n) is 8.06. The van der Waals surface area contributed by atoms with Gasteiger partial charge in [0.2, 0.25) is 15.9 Å². The Kier molecular flexibility index (Phi) is 5.69. The Labute approximate surface area is 181 Å². The van der Waals surface area contributed by atoms with Crippen molar-refractivity contribution in [3.05, 3.63) is 46.7 Å². The van der Waals surface area contributed by atoms with E-state index in [0.29, 0.717) is 43.4 Å². The minimum absolute atomic E-state index is 0.0213. The molecular formula is C21H26FN5O3S. The lowest BCUT2D eigenvalue weighted by Crippen LogP contribution is -2.37. The number of aromatic nitrogens is 2. The minimum Gasteiger partial charge on any atom is -0.373 e. The van der Waals surface area contributed by atoms with Crippen molar-refractivity contribution in [1.82, 2.24) is 19.2 Å². The van der Waals surface area contributed by atoms with E-state index in [1.807, 2.05) is 0 Å². The van der Waals surface area contributed by atoms with Crippen molar-refractivity contribution in [2.75, 3.05) is 32.0 Å². The number of nitrogens with one attached hydrogen (secondary N) is 1. The fraction of sp³-hybridized carbons (Fsp3) is 0.476. The van der Waals surface area contributed by atoms with Crippen LogP contribution in [0.3, 0.4) is 0 Å². The molecule has 0 spiro atoms. The molecule has 166 valence electrons. The van der Waals surface area contributed by atoms with E-state index >= 15 is 0 Å². The van der Waals surface area contributed by atoms with Crippen LogP contribution in [0.5, 0.6) is 0 Å². The maximum atomic E-state index is 13.6. The van der Waals surface area contributed by atoms with E-state index in [4.69, 9.17) is 4.98 Å². The van der Waals surface area contributed by atoms with Crippen molar-refractivity contribution >= 4 is 21.7 Å². The number of hydrogen-bond donors (Lipinski definition) is 1. The van der Waals surface area contributed by atoms with Gasteiger partial charge in [-0.1, -0.05) is 0 Å². The summed E-state index contributed by atoms with van der Waals surface area (Å²) in [6.07, 6.45) is 1.26. The molecule has 1 fully saturated rings. The van der Waals surface area contributed by atoms with Gasteiger partial charge in [0.1, 0.15) is 17.5 Å². The molecule has 3 heterocycles. The van der Waals surface area contributed by atoms with E-state index in [1.54, 1.807) is 25.8 Å². The van der Waals surface area contributed by atoms with Crippen LogP contribution in [0.15, 0.2) is 23.1 Å². The van der Waals surface area contributed by atoms with Crippen LogP contribution in [0.4, 0.5) is 10.2 Å². The summed E-state index contributed by atoms with van der Waals surface area (Å²) < 4.78 is 41.4. The summed E-state index contributed by atoms with van der Waals surface area (Å²) in [6, 6.07) is 3.84. The Balaban J connectivity index is 1.65. The summed E-state index contributed by atoms with van der Waals surface area (Å²) in [5.41, 5.74) is 1.87. The highest BCUT2D eigenvalue weighted by Gasteiger charge is 2.33. The third-order valence-electron chi connectivity index (χ3n) is 6.05. The summed E-state index contributed by atoms with van der Waals surface area (Å²) in [5, 5.41) is 3.11. The molecule has 31 heavy (non-hydrogen) atoms. The zero-order chi connectivity index (χ0) is 22.3. The van der Waals surface area contributed by atoms with E-state index in [-0.39, 0.29) is 28.8 Å². The molecule has 2 aromatic rings. The number of hydrogen-bond acceptors (Lipinski definition) is 6. The lowest BCUT2D eigenvalue weighted by molar-refractivity contribution is -0.127. The molecule has 1 unspecified atom stereocenters. The third-order valence-corrected chi connectivity index (χ3v) is 7.89. The van der Waals surface area contributed by atoms with Gasteiger partial charge in [0.15, 0.2) is 0 Å². The second kappa shape index (κ2) is 8.16. The van der Waals surface area contributed by atoms with Crippen molar-refractivity contribution in [1.29, 1.82) is 0 Å². The maximum Gasteiger partial charge on any atom is 0.243 e. The van der Waals surface area contributed by atoms with E-state index in [2.05, 4.69) is 10.3 Å². The van der Waals surface area contributed by atoms with Gasteiger partial charge in [-0.3, -0.25) is 4.79 Å². The van der Waals surface area contributed by atoms with E-state index in [1.165, 1.54) is 22.5 Å². The molecule has 2 aliphatic heterocycles. The van der Waals surface area contributed by atoms with Gasteiger partial charge in [0, 0.05) is 45.1 Å². The molecule has 1 aromatic carbocycles. The van der Waals surface area contributed by atoms with Gasteiger partial charge >= 0.3 is 0 Å². The van der Waals surface area contributed by atoms with Gasteiger partial charge in [-0.15, -0.1) is 0 Å². The molecule has 0 bridgehead atoms. The smallest absolute Gasteiger partial charge is 0.243 e. The van der Waals surface area contributed by atoms with Gasteiger partial charge in [-0.25, -0.2) is 22.8 Å². The number of carbonyl (C=O) groups is 1. The normalized spacial score (nSPS) is 19.4. The first-order valence-electron chi connectivity index (χ1n) is 10.3. The zero-order valence-electron chi connectivity index (χ0n) is 17.9. The molecule has 0 aliphatic carbocycles. The predicted octanol–water partition coefficient (Wildman–Crippen LogP) is 2.05. The van der Waals surface area contributed by atoms with Gasteiger partial charge in [0.05, 0.1) is 17.1 Å². The number of halogens is 1. The topological polar surface area (TPSA) is 95.5 Å². The third kappa shape index (κ3) is 4.01. The molecule has 1 N–H and O–H groups in total. The molecule has 1 atom stereocenters. The molecule has 10 heteroatoms. The number of aryl methyl sites for hydroxylation is 1. The zero-order valence-corrected chi connectivity index (χ0v) is 18.7. The molecule has 8 nitrogen and oxygen atoms in total. The lowest BCUT2D eigenvalue weighted by Gasteiger charge is -2.29. The molecule has 0 saturated carbocycles. The van der Waals surface area contributed by atoms with Crippen LogP contribution in [-0.2, 0) is 27.8 Å². The minimum atomic E-state index is -3.78. The fourth-order valence-electron chi connectivity index (χ4n) is 4.20. The lowest BCUT2D eigenvalue weighted by atomic mass is 10.0. The Bertz CT molecular complexity index is 1140. The number of likely N-dealkylation sites (tertiary alicyclic amines) is 1. The SMILES string of the molecule is CNc1nc(C2CCN(C(C)=O)C2)nc2c1CCN(S(=O)(=O)c1ccc(F)c(C)c1)C2. The maximum absolute atomic E-state index is 13.6. The average Bonchev–Trinajstić information content (AvgIpc) is 3.25. The number of carbonyl (C=O) groups excluding carboxylic acids is 1. The Morgan fingerprint density at radius 3 is 2.68 bits per heavy atom. The summed E-state index contributed by atoms with van der Waals surface area (Å²) in [5.74, 6) is 0.948. The largest absolute Gasteiger partial charge is 0.373 e. The Morgan fingerprint density at radius 2 is 2.03 bits per heavy atom. The van der Waals surface area contributed by atoms with E-state index in [0.717, 1.165) is 12.0 Å². The fourth-order valence-corrected chi connectivity index (χ4v) is 5.69. The Hall–Kier alpha value is -2.59. The number of sulfonamides is 1. The van der Waals surface area contributed by atoms with Crippen LogP contribution in [0.1, 0.15) is 41.9 Å². The number of anilines is 1. The van der Waals surface area contributed by atoms with Gasteiger partial charge < -0.3 is 10.2 Å². The number of amides is 1. The van der Waals surface area contributed by atoms with Crippen molar-refractivity contribution in [3.8, 4) is 0 Å². The highest BCUT2D eigenvalue weighted by atomic mass is 32.2. The molecule has 1 amide bonds. The van der Waals surface area contributed by atoms with Crippen LogP contribution < -0.4 is 5.32 Å². The molecule has 2 aliphatic rings. The van der Waals surface area contributed by atoms with Crippen molar-refractivity contribution in [3.63, 3.8) is 0 Å². The number of rotatable bonds is 4. The highest BCUT2D eigenvalue weighted by Crippen LogP contribution is 2.31. The second-order valence-corrected chi connectivity index (χ2v) is 9.99. The molecule has 1 aromatic heterocycles. The first-order chi connectivity index (χ1) is 14.7. The summed E-state index contributed by atoms with van der Waals surface area (Å²) in [4.78, 5) is 22.9. The van der Waals surface area contributed by atoms with Gasteiger partial charge in [-0.05, 0) is 43.5 Å². The van der Waals surface area contributed by atoms with Crippen molar-refractivity contribution < 1.29 is 17.6 Å². The van der Waals surface area contributed by atoms with Crippen LogP contribution in [0, 0.1) is 12.7 Å². The standard InChI is InChI=1S/C21H26FN5O3S/c1-13-10-16(4-5-18(13)22)31(29,30)27-9-7-17-19(12-27)24-20(25-21(17)23-3)15-6-8-26(11-15)14(2)28/h4-5,10,15H,6-9,11-12H2,1-3H3,(H,23,24,25). The summed E-state index contributed by atoms with van der Waals surface area (Å²) >= 11 is 0. The van der Waals surface area contributed by atoms with Crippen LogP contribution in [0.2, 0.25) is 0 Å². The van der Waals surface area contributed by atoms with Crippen LogP contribution in [0.25, 0.3) is 0 Å². The number of benzene rings is 1. The predicted molar refractivity (Wildman–Crippen MR) is 114 cm³/mol.